The quantitative estimate of drug-likeness (QED) is 0.631. The van der Waals surface area contributed by atoms with Gasteiger partial charge in [-0.15, -0.1) is 10.2 Å². The van der Waals surface area contributed by atoms with Crippen LogP contribution in [0.2, 0.25) is 5.15 Å². The topological polar surface area (TPSA) is 69.1 Å². The zero-order chi connectivity index (χ0) is 12.9. The summed E-state index contributed by atoms with van der Waals surface area (Å²) in [5, 5.41) is 8.58. The number of oxazole rings is 1. The average molecular weight is 264 g/mol. The van der Waals surface area contributed by atoms with Gasteiger partial charge in [-0.05, 0) is 13.8 Å². The average Bonchev–Trinajstić information content (AvgIpc) is 2.81. The Morgan fingerprint density at radius 1 is 1.17 bits per heavy atom. The molecule has 0 N–H and O–H groups in total. The van der Waals surface area contributed by atoms with Gasteiger partial charge in [-0.3, -0.25) is 4.40 Å². The molecule has 0 spiro atoms. The smallest absolute Gasteiger partial charge is 0.207 e. The van der Waals surface area contributed by atoms with Crippen LogP contribution in [0.15, 0.2) is 10.5 Å². The number of aryl methyl sites for hydroxylation is 3. The highest BCUT2D eigenvalue weighted by Crippen LogP contribution is 2.24. The van der Waals surface area contributed by atoms with E-state index in [0.717, 1.165) is 5.69 Å². The molecule has 0 atom stereocenters. The van der Waals surface area contributed by atoms with E-state index in [2.05, 4.69) is 20.2 Å². The Morgan fingerprint density at radius 2 is 1.94 bits per heavy atom. The lowest BCUT2D eigenvalue weighted by molar-refractivity contribution is 0.529. The molecular weight excluding hydrogens is 254 g/mol. The molecule has 0 aromatic carbocycles. The number of nitrogens with zero attached hydrogens (tertiary/aromatic N) is 5. The minimum Gasteiger partial charge on any atom is -0.437 e. The number of rotatable bonds is 1. The summed E-state index contributed by atoms with van der Waals surface area (Å²) in [6.07, 6.45) is 0. The van der Waals surface area contributed by atoms with Gasteiger partial charge in [0.1, 0.15) is 11.0 Å². The molecule has 0 aliphatic heterocycles. The molecule has 0 aliphatic carbocycles. The van der Waals surface area contributed by atoms with Crippen LogP contribution in [0.5, 0.6) is 0 Å². The van der Waals surface area contributed by atoms with Crippen molar-refractivity contribution in [1.29, 1.82) is 0 Å². The predicted octanol–water partition coefficient (Wildman–Crippen LogP) is 2.36. The first-order chi connectivity index (χ1) is 8.56. The van der Waals surface area contributed by atoms with Crippen LogP contribution >= 0.6 is 11.6 Å². The van der Waals surface area contributed by atoms with E-state index in [1.807, 2.05) is 13.8 Å². The van der Waals surface area contributed by atoms with Gasteiger partial charge in [0.05, 0.1) is 5.69 Å². The molecule has 3 aromatic rings. The van der Waals surface area contributed by atoms with E-state index in [1.165, 1.54) is 0 Å². The summed E-state index contributed by atoms with van der Waals surface area (Å²) in [4.78, 5) is 8.41. The van der Waals surface area contributed by atoms with E-state index in [4.69, 9.17) is 16.0 Å². The van der Waals surface area contributed by atoms with Crippen molar-refractivity contribution in [3.05, 3.63) is 28.6 Å². The molecule has 3 heterocycles. The second-order valence-corrected chi connectivity index (χ2v) is 4.38. The maximum atomic E-state index is 5.89. The van der Waals surface area contributed by atoms with Crippen molar-refractivity contribution in [2.24, 2.45) is 0 Å². The van der Waals surface area contributed by atoms with Gasteiger partial charge in [-0.2, -0.15) is 0 Å². The van der Waals surface area contributed by atoms with Crippen LogP contribution in [-0.4, -0.2) is 24.6 Å². The lowest BCUT2D eigenvalue weighted by atomic mass is 10.3. The van der Waals surface area contributed by atoms with Gasteiger partial charge < -0.3 is 4.42 Å². The van der Waals surface area contributed by atoms with E-state index in [1.54, 1.807) is 17.4 Å². The molecular formula is C11H10ClN5O. The summed E-state index contributed by atoms with van der Waals surface area (Å²) >= 11 is 5.89. The zero-order valence-electron chi connectivity index (χ0n) is 10.1. The molecule has 6 nitrogen and oxygen atoms in total. The number of halogens is 1. The van der Waals surface area contributed by atoms with Gasteiger partial charge in [0, 0.05) is 13.0 Å². The third kappa shape index (κ3) is 1.57. The molecule has 0 saturated heterocycles. The van der Waals surface area contributed by atoms with Crippen LogP contribution in [0.25, 0.3) is 17.2 Å². The van der Waals surface area contributed by atoms with Crippen LogP contribution in [0.3, 0.4) is 0 Å². The van der Waals surface area contributed by atoms with Crippen LogP contribution in [-0.2, 0) is 0 Å². The Bertz CT molecular complexity index is 745. The first kappa shape index (κ1) is 11.2. The largest absolute Gasteiger partial charge is 0.437 e. The highest BCUT2D eigenvalue weighted by Gasteiger charge is 2.18. The zero-order valence-corrected chi connectivity index (χ0v) is 10.9. The van der Waals surface area contributed by atoms with Crippen molar-refractivity contribution in [2.75, 3.05) is 0 Å². The third-order valence-electron chi connectivity index (χ3n) is 2.64. The molecule has 0 fully saturated rings. The minimum atomic E-state index is 0.393. The second kappa shape index (κ2) is 3.78. The summed E-state index contributed by atoms with van der Waals surface area (Å²) in [7, 11) is 0. The maximum Gasteiger partial charge on any atom is 0.207 e. The number of aromatic nitrogens is 5. The van der Waals surface area contributed by atoms with Crippen molar-refractivity contribution in [2.45, 2.75) is 20.8 Å². The Balaban J connectivity index is 2.34. The molecule has 92 valence electrons. The van der Waals surface area contributed by atoms with E-state index in [-0.39, 0.29) is 0 Å². The van der Waals surface area contributed by atoms with Crippen molar-refractivity contribution >= 4 is 17.2 Å². The molecule has 0 unspecified atom stereocenters. The fourth-order valence-electron chi connectivity index (χ4n) is 1.94. The lowest BCUT2D eigenvalue weighted by Gasteiger charge is -2.01. The van der Waals surface area contributed by atoms with Crippen molar-refractivity contribution in [1.82, 2.24) is 24.6 Å². The molecule has 18 heavy (non-hydrogen) atoms. The normalized spacial score (nSPS) is 11.3. The van der Waals surface area contributed by atoms with Crippen molar-refractivity contribution in [3.8, 4) is 11.6 Å². The molecule has 0 radical (unpaired) electrons. The van der Waals surface area contributed by atoms with Gasteiger partial charge >= 0.3 is 0 Å². The standard InChI is InChI=1S/C11H10ClN5O/c1-5-10(18-7(3)13-5)11-16-15-9-4-8(12)14-6(2)17(9)11/h4H,1-3H3. The first-order valence-electron chi connectivity index (χ1n) is 5.39. The van der Waals surface area contributed by atoms with Crippen LogP contribution in [0.4, 0.5) is 0 Å². The van der Waals surface area contributed by atoms with E-state index in [9.17, 15) is 0 Å². The number of hydrogen-bond donors (Lipinski definition) is 0. The molecule has 0 bridgehead atoms. The van der Waals surface area contributed by atoms with Crippen molar-refractivity contribution in [3.63, 3.8) is 0 Å². The summed E-state index contributed by atoms with van der Waals surface area (Å²) in [5.74, 6) is 2.49. The van der Waals surface area contributed by atoms with E-state index in [0.29, 0.717) is 34.1 Å². The minimum absolute atomic E-state index is 0.393. The third-order valence-corrected chi connectivity index (χ3v) is 2.83. The van der Waals surface area contributed by atoms with Gasteiger partial charge in [0.25, 0.3) is 0 Å². The van der Waals surface area contributed by atoms with Gasteiger partial charge in [-0.25, -0.2) is 9.97 Å². The molecule has 3 rings (SSSR count). The van der Waals surface area contributed by atoms with Gasteiger partial charge in [0.2, 0.25) is 5.82 Å². The van der Waals surface area contributed by atoms with Crippen LogP contribution in [0.1, 0.15) is 17.4 Å². The molecule has 0 saturated carbocycles. The maximum absolute atomic E-state index is 5.89. The molecule has 0 amide bonds. The SMILES string of the molecule is Cc1nc(C)c(-c2nnc3cc(Cl)nc(C)n23)o1. The molecule has 7 heteroatoms. The first-order valence-corrected chi connectivity index (χ1v) is 5.77. The predicted molar refractivity (Wildman–Crippen MR) is 65.5 cm³/mol. The second-order valence-electron chi connectivity index (χ2n) is 3.99. The highest BCUT2D eigenvalue weighted by molar-refractivity contribution is 6.29. The van der Waals surface area contributed by atoms with Crippen LogP contribution in [0, 0.1) is 20.8 Å². The monoisotopic (exact) mass is 263 g/mol. The van der Waals surface area contributed by atoms with Gasteiger partial charge in [-0.1, -0.05) is 11.6 Å². The number of hydrogen-bond acceptors (Lipinski definition) is 5. The van der Waals surface area contributed by atoms with Gasteiger partial charge in [0.15, 0.2) is 17.3 Å². The Kier molecular flexibility index (Phi) is 2.34. The fraction of sp³-hybridized carbons (Fsp3) is 0.273. The number of fused-ring (bicyclic) bond motifs is 1. The Labute approximate surface area is 108 Å². The van der Waals surface area contributed by atoms with E-state index >= 15 is 0 Å². The van der Waals surface area contributed by atoms with Crippen LogP contribution < -0.4 is 0 Å². The molecule has 3 aromatic heterocycles. The summed E-state index contributed by atoms with van der Waals surface area (Å²) in [5.41, 5.74) is 1.41. The summed E-state index contributed by atoms with van der Waals surface area (Å²) < 4.78 is 7.35. The highest BCUT2D eigenvalue weighted by atomic mass is 35.5. The van der Waals surface area contributed by atoms with Crippen molar-refractivity contribution < 1.29 is 4.42 Å². The Hall–Kier alpha value is -1.95. The Morgan fingerprint density at radius 3 is 2.61 bits per heavy atom. The molecule has 0 aliphatic rings. The lowest BCUT2D eigenvalue weighted by Crippen LogP contribution is -1.98. The van der Waals surface area contributed by atoms with E-state index < -0.39 is 0 Å². The summed E-state index contributed by atoms with van der Waals surface area (Å²) in [6.45, 7) is 5.50. The fourth-order valence-corrected chi connectivity index (χ4v) is 2.16. The summed E-state index contributed by atoms with van der Waals surface area (Å²) in [6, 6.07) is 1.66.